The van der Waals surface area contributed by atoms with Gasteiger partial charge in [0.1, 0.15) is 17.3 Å². The van der Waals surface area contributed by atoms with Gasteiger partial charge in [-0.2, -0.15) is 13.2 Å². The van der Waals surface area contributed by atoms with Gasteiger partial charge in [0, 0.05) is 61.7 Å². The number of piperazine rings is 1. The molecule has 0 radical (unpaired) electrons. The van der Waals surface area contributed by atoms with Crippen molar-refractivity contribution in [3.63, 3.8) is 0 Å². The molecule has 2 saturated heterocycles. The minimum atomic E-state index is -4.73. The predicted octanol–water partition coefficient (Wildman–Crippen LogP) is 4.21. The molecule has 0 spiro atoms. The number of nitrogens with zero attached hydrogens (tertiary/aromatic N) is 6. The van der Waals surface area contributed by atoms with Crippen molar-refractivity contribution in [3.05, 3.63) is 52.5 Å². The number of alkyl halides is 3. The lowest BCUT2D eigenvalue weighted by Gasteiger charge is -2.40. The Hall–Kier alpha value is -3.24. The molecule has 1 amide bonds. The highest BCUT2D eigenvalue weighted by Crippen LogP contribution is 2.38. The lowest BCUT2D eigenvalue weighted by atomic mass is 10.1. The summed E-state index contributed by atoms with van der Waals surface area (Å²) in [6, 6.07) is 2.70. The summed E-state index contributed by atoms with van der Waals surface area (Å²) in [7, 11) is 0. The monoisotopic (exact) mass is 637 g/mol. The fourth-order valence-electron chi connectivity index (χ4n) is 5.66. The zero-order chi connectivity index (χ0) is 31.6. The molecule has 15 heteroatoms. The number of amides is 1. The number of halogens is 4. The third kappa shape index (κ3) is 7.69. The molecule has 5 rings (SSSR count). The molecule has 0 unspecified atom stereocenters. The number of rotatable bonds is 9. The van der Waals surface area contributed by atoms with Crippen molar-refractivity contribution in [2.45, 2.75) is 64.2 Å². The van der Waals surface area contributed by atoms with Crippen LogP contribution < -0.4 is 10.2 Å². The Bertz CT molecular complexity index is 1450. The number of carbonyl (C=O) groups excluding carboxylic acids is 1. The molecule has 2 aliphatic heterocycles. The molecule has 238 valence electrons. The molecule has 0 saturated carbocycles. The summed E-state index contributed by atoms with van der Waals surface area (Å²) < 4.78 is 54.7. The van der Waals surface area contributed by atoms with E-state index in [0.717, 1.165) is 42.9 Å². The van der Waals surface area contributed by atoms with Gasteiger partial charge in [-0.1, -0.05) is 11.3 Å². The Labute approximate surface area is 256 Å². The van der Waals surface area contributed by atoms with E-state index < -0.39 is 29.8 Å². The molecular formula is C29H35F4N7O3S. The van der Waals surface area contributed by atoms with Gasteiger partial charge in [-0.05, 0) is 51.4 Å². The number of aliphatic hydroxyl groups is 2. The lowest BCUT2D eigenvalue weighted by Crippen LogP contribution is -2.52. The van der Waals surface area contributed by atoms with Crippen molar-refractivity contribution in [1.29, 1.82) is 0 Å². The molecular weight excluding hydrogens is 602 g/mol. The van der Waals surface area contributed by atoms with Gasteiger partial charge in [-0.25, -0.2) is 19.3 Å². The topological polar surface area (TPSA) is 118 Å². The molecule has 2 fully saturated rings. The van der Waals surface area contributed by atoms with E-state index in [0.29, 0.717) is 49.5 Å². The number of anilines is 2. The average molecular weight is 638 g/mol. The van der Waals surface area contributed by atoms with E-state index >= 15 is 0 Å². The SMILES string of the molecule is C[C@@H]1CCCN1Cc1sc(NC(=O)c2cnc(N3CCN(CCC(O)O)C[C@H]3C)cn2)nc1-c1cc(F)cc(C(F)(F)F)c1. The molecule has 1 aromatic carbocycles. The molecule has 2 aromatic heterocycles. The zero-order valence-corrected chi connectivity index (χ0v) is 25.2. The van der Waals surface area contributed by atoms with Crippen LogP contribution in [0.4, 0.5) is 28.5 Å². The van der Waals surface area contributed by atoms with Crippen LogP contribution in [-0.2, 0) is 12.7 Å². The van der Waals surface area contributed by atoms with Crippen LogP contribution in [0.5, 0.6) is 0 Å². The van der Waals surface area contributed by atoms with Gasteiger partial charge in [0.2, 0.25) is 0 Å². The van der Waals surface area contributed by atoms with Crippen LogP contribution in [0.25, 0.3) is 11.3 Å². The third-order valence-corrected chi connectivity index (χ3v) is 8.99. The van der Waals surface area contributed by atoms with Crippen LogP contribution >= 0.6 is 11.3 Å². The van der Waals surface area contributed by atoms with Crippen LogP contribution in [-0.4, -0.2) is 92.0 Å². The first-order valence-electron chi connectivity index (χ1n) is 14.5. The second kappa shape index (κ2) is 13.4. The maximum absolute atomic E-state index is 14.3. The number of likely N-dealkylation sites (tertiary alicyclic amines) is 1. The molecule has 10 nitrogen and oxygen atoms in total. The summed E-state index contributed by atoms with van der Waals surface area (Å²) in [6.07, 6.45) is -0.944. The van der Waals surface area contributed by atoms with E-state index in [9.17, 15) is 22.4 Å². The summed E-state index contributed by atoms with van der Waals surface area (Å²) in [4.78, 5) is 33.3. The van der Waals surface area contributed by atoms with E-state index in [1.807, 2.05) is 6.92 Å². The van der Waals surface area contributed by atoms with Gasteiger partial charge in [0.15, 0.2) is 11.4 Å². The number of aliphatic hydroxyl groups excluding tert-OH is 1. The largest absolute Gasteiger partial charge is 0.416 e. The number of carbonyl (C=O) groups is 1. The highest BCUT2D eigenvalue weighted by Gasteiger charge is 2.33. The highest BCUT2D eigenvalue weighted by atomic mass is 32.1. The summed E-state index contributed by atoms with van der Waals surface area (Å²) in [5.74, 6) is -1.01. The second-order valence-corrected chi connectivity index (χ2v) is 12.4. The molecule has 2 aliphatic rings. The highest BCUT2D eigenvalue weighted by molar-refractivity contribution is 7.16. The average Bonchev–Trinajstić information content (AvgIpc) is 3.56. The Balaban J connectivity index is 1.32. The van der Waals surface area contributed by atoms with Gasteiger partial charge in [0.05, 0.1) is 23.7 Å². The second-order valence-electron chi connectivity index (χ2n) is 11.3. The smallest absolute Gasteiger partial charge is 0.368 e. The first kappa shape index (κ1) is 32.2. The summed E-state index contributed by atoms with van der Waals surface area (Å²) >= 11 is 1.14. The van der Waals surface area contributed by atoms with Crippen LogP contribution in [0.15, 0.2) is 30.6 Å². The molecule has 3 aromatic rings. The van der Waals surface area contributed by atoms with E-state index in [1.54, 1.807) is 0 Å². The van der Waals surface area contributed by atoms with E-state index in [-0.39, 0.29) is 40.6 Å². The number of aromatic nitrogens is 3. The molecule has 2 atom stereocenters. The van der Waals surface area contributed by atoms with Crippen molar-refractivity contribution in [2.75, 3.05) is 42.9 Å². The standard InChI is InChI=1S/C29H35F4N7O3S/c1-17-4-3-6-39(17)16-23-26(19-10-20(29(31,32)33)12-21(30)11-19)36-28(44-23)37-27(43)22-13-35-24(14-34-22)40-9-8-38(15-18(40)2)7-5-25(41)42/h10-14,17-18,25,41-42H,3-9,15-16H2,1-2H3,(H,36,37,43)/t17-,18-/m1/s1. The van der Waals surface area contributed by atoms with Crippen molar-refractivity contribution in [1.82, 2.24) is 24.8 Å². The quantitative estimate of drug-likeness (QED) is 0.234. The first-order valence-corrected chi connectivity index (χ1v) is 15.3. The number of hydrogen-bond acceptors (Lipinski definition) is 10. The summed E-state index contributed by atoms with van der Waals surface area (Å²) in [5, 5.41) is 21.1. The fourth-order valence-corrected chi connectivity index (χ4v) is 6.67. The van der Waals surface area contributed by atoms with Crippen LogP contribution in [0, 0.1) is 5.82 Å². The fraction of sp³-hybridized carbons (Fsp3) is 0.517. The predicted molar refractivity (Wildman–Crippen MR) is 158 cm³/mol. The Morgan fingerprint density at radius 2 is 1.91 bits per heavy atom. The van der Waals surface area contributed by atoms with Gasteiger partial charge in [-0.15, -0.1) is 0 Å². The molecule has 4 heterocycles. The normalized spacial score (nSPS) is 20.1. The lowest BCUT2D eigenvalue weighted by molar-refractivity contribution is -0.137. The molecule has 44 heavy (non-hydrogen) atoms. The minimum absolute atomic E-state index is 0.0122. The zero-order valence-electron chi connectivity index (χ0n) is 24.4. The Morgan fingerprint density at radius 3 is 2.55 bits per heavy atom. The van der Waals surface area contributed by atoms with Gasteiger partial charge in [-0.3, -0.25) is 19.9 Å². The number of nitrogens with one attached hydrogen (secondary N) is 1. The third-order valence-electron chi connectivity index (χ3n) is 8.03. The minimum Gasteiger partial charge on any atom is -0.368 e. The van der Waals surface area contributed by atoms with Gasteiger partial charge in [0.25, 0.3) is 5.91 Å². The van der Waals surface area contributed by atoms with Crippen LogP contribution in [0.1, 0.15) is 54.0 Å². The van der Waals surface area contributed by atoms with Crippen molar-refractivity contribution in [2.24, 2.45) is 0 Å². The van der Waals surface area contributed by atoms with Gasteiger partial charge < -0.3 is 15.1 Å². The van der Waals surface area contributed by atoms with Gasteiger partial charge >= 0.3 is 6.18 Å². The summed E-state index contributed by atoms with van der Waals surface area (Å²) in [5.41, 5.74) is -0.894. The maximum Gasteiger partial charge on any atom is 0.416 e. The van der Waals surface area contributed by atoms with E-state index in [1.165, 1.54) is 12.4 Å². The molecule has 0 bridgehead atoms. The van der Waals surface area contributed by atoms with E-state index in [4.69, 9.17) is 10.2 Å². The van der Waals surface area contributed by atoms with Crippen molar-refractivity contribution < 1.29 is 32.6 Å². The van der Waals surface area contributed by atoms with Crippen molar-refractivity contribution in [3.8, 4) is 11.3 Å². The maximum atomic E-state index is 14.3. The number of benzene rings is 1. The van der Waals surface area contributed by atoms with Crippen LogP contribution in [0.2, 0.25) is 0 Å². The first-order chi connectivity index (χ1) is 20.9. The number of thiazole rings is 1. The van der Waals surface area contributed by atoms with E-state index in [2.05, 4.69) is 41.9 Å². The molecule has 0 aliphatic carbocycles. The Morgan fingerprint density at radius 1 is 1.11 bits per heavy atom. The summed E-state index contributed by atoms with van der Waals surface area (Å²) in [6.45, 7) is 7.96. The molecule has 3 N–H and O–H groups in total. The number of hydrogen-bond donors (Lipinski definition) is 3. The van der Waals surface area contributed by atoms with Crippen LogP contribution in [0.3, 0.4) is 0 Å². The Kier molecular flexibility index (Phi) is 9.80. The van der Waals surface area contributed by atoms with Crippen molar-refractivity contribution >= 4 is 28.2 Å².